The van der Waals surface area contributed by atoms with Crippen molar-refractivity contribution in [3.05, 3.63) is 66.5 Å². The lowest BCUT2D eigenvalue weighted by Crippen LogP contribution is -2.42. The second kappa shape index (κ2) is 11.9. The molecule has 4 heterocycles. The largest absolute Gasteiger partial charge is 0.457 e. The molecule has 1 aliphatic rings. The number of aromatic nitrogens is 5. The van der Waals surface area contributed by atoms with Crippen molar-refractivity contribution in [2.24, 2.45) is 7.05 Å². The van der Waals surface area contributed by atoms with Gasteiger partial charge in [-0.2, -0.15) is 0 Å². The molecule has 44 heavy (non-hydrogen) atoms. The second-order valence-electron chi connectivity index (χ2n) is 11.8. The van der Waals surface area contributed by atoms with Crippen LogP contribution >= 0.6 is 11.8 Å². The molecule has 1 amide bonds. The van der Waals surface area contributed by atoms with Crippen LogP contribution in [0.5, 0.6) is 11.5 Å². The van der Waals surface area contributed by atoms with Gasteiger partial charge in [0.2, 0.25) is 0 Å². The summed E-state index contributed by atoms with van der Waals surface area (Å²) in [7, 11) is 1.93. The van der Waals surface area contributed by atoms with Gasteiger partial charge in [0.15, 0.2) is 11.6 Å². The molecule has 0 atom stereocenters. The van der Waals surface area contributed by atoms with E-state index in [9.17, 15) is 4.79 Å². The average molecular weight is 616 g/mol. The van der Waals surface area contributed by atoms with Crippen molar-refractivity contribution >= 4 is 51.4 Å². The summed E-state index contributed by atoms with van der Waals surface area (Å²) in [5.41, 5.74) is 3.07. The highest BCUT2D eigenvalue weighted by Crippen LogP contribution is 2.35. The normalized spacial score (nSPS) is 14.3. The number of likely N-dealkylation sites (tertiary alicyclic amines) is 1. The number of ether oxygens (including phenoxy) is 2. The Kier molecular flexibility index (Phi) is 8.02. The summed E-state index contributed by atoms with van der Waals surface area (Å²) in [6, 6.07) is 12.8. The van der Waals surface area contributed by atoms with Crippen molar-refractivity contribution in [1.29, 1.82) is 0 Å². The van der Waals surface area contributed by atoms with Crippen LogP contribution in [0.3, 0.4) is 0 Å². The first-order valence-corrected chi connectivity index (χ1v) is 15.3. The zero-order chi connectivity index (χ0) is 31.0. The molecule has 0 aliphatic carbocycles. The number of anilines is 2. The number of nitrogens with zero attached hydrogens (tertiary/aromatic N) is 6. The molecule has 228 valence electrons. The van der Waals surface area contributed by atoms with E-state index in [2.05, 4.69) is 20.3 Å². The fourth-order valence-corrected chi connectivity index (χ4v) is 6.12. The monoisotopic (exact) mass is 615 g/mol. The van der Waals surface area contributed by atoms with Crippen molar-refractivity contribution in [3.63, 3.8) is 0 Å². The van der Waals surface area contributed by atoms with Gasteiger partial charge in [0.25, 0.3) is 0 Å². The number of amides is 1. The van der Waals surface area contributed by atoms with Crippen LogP contribution in [0.2, 0.25) is 0 Å². The number of thioether (sulfide) groups is 1. The van der Waals surface area contributed by atoms with Crippen LogP contribution in [0, 0.1) is 12.7 Å². The minimum Gasteiger partial charge on any atom is -0.457 e. The van der Waals surface area contributed by atoms with Crippen LogP contribution in [0.25, 0.3) is 22.1 Å². The van der Waals surface area contributed by atoms with Crippen LogP contribution in [-0.2, 0) is 11.8 Å². The Morgan fingerprint density at radius 2 is 1.84 bits per heavy atom. The van der Waals surface area contributed by atoms with Crippen LogP contribution < -0.4 is 10.1 Å². The maximum Gasteiger partial charge on any atom is 0.410 e. The minimum atomic E-state index is -0.515. The number of fused-ring (bicyclic) bond motifs is 2. The van der Waals surface area contributed by atoms with Crippen LogP contribution in [0.1, 0.15) is 39.2 Å². The molecule has 0 radical (unpaired) electrons. The van der Waals surface area contributed by atoms with E-state index in [0.717, 1.165) is 28.9 Å². The van der Waals surface area contributed by atoms with E-state index < -0.39 is 11.4 Å². The summed E-state index contributed by atoms with van der Waals surface area (Å²) in [4.78, 5) is 32.1. The fraction of sp³-hybridized carbons (Fsp3) is 0.344. The molecular formula is C32H34FN7O3S. The number of hydrogen-bond acceptors (Lipinski definition) is 9. The van der Waals surface area contributed by atoms with Crippen molar-refractivity contribution in [1.82, 2.24) is 29.4 Å². The number of halogens is 1. The van der Waals surface area contributed by atoms with Gasteiger partial charge < -0.3 is 24.3 Å². The van der Waals surface area contributed by atoms with E-state index >= 15 is 4.39 Å². The summed E-state index contributed by atoms with van der Waals surface area (Å²) in [6.45, 7) is 8.55. The SMILES string of the molecule is Cc1c(Oc2ccc3c(c2)ncn3C)ccc(Nc2ncnc3ccc(SC4CCN(C(=O)OC(C)(C)C)CC4)nc23)c1F. The summed E-state index contributed by atoms with van der Waals surface area (Å²) >= 11 is 1.66. The quantitative estimate of drug-likeness (QED) is 0.209. The van der Waals surface area contributed by atoms with E-state index in [4.69, 9.17) is 14.5 Å². The Morgan fingerprint density at radius 3 is 2.61 bits per heavy atom. The predicted molar refractivity (Wildman–Crippen MR) is 169 cm³/mol. The minimum absolute atomic E-state index is 0.254. The summed E-state index contributed by atoms with van der Waals surface area (Å²) in [6.07, 6.45) is 4.56. The highest BCUT2D eigenvalue weighted by molar-refractivity contribution is 7.99. The van der Waals surface area contributed by atoms with Crippen LogP contribution in [-0.4, -0.2) is 59.4 Å². The van der Waals surface area contributed by atoms with E-state index in [1.54, 1.807) is 42.0 Å². The van der Waals surface area contributed by atoms with Gasteiger partial charge in [0.05, 0.1) is 33.6 Å². The van der Waals surface area contributed by atoms with Gasteiger partial charge in [0.1, 0.15) is 28.9 Å². The summed E-state index contributed by atoms with van der Waals surface area (Å²) in [5, 5.41) is 4.23. The number of nitrogens with one attached hydrogen (secondary N) is 1. The van der Waals surface area contributed by atoms with Crippen molar-refractivity contribution in [3.8, 4) is 11.5 Å². The number of rotatable bonds is 6. The van der Waals surface area contributed by atoms with E-state index in [1.807, 2.05) is 62.7 Å². The van der Waals surface area contributed by atoms with E-state index in [1.165, 1.54) is 6.33 Å². The molecule has 0 saturated carbocycles. The first-order valence-electron chi connectivity index (χ1n) is 14.5. The molecule has 0 unspecified atom stereocenters. The maximum absolute atomic E-state index is 15.6. The highest BCUT2D eigenvalue weighted by atomic mass is 32.2. The maximum atomic E-state index is 15.6. The predicted octanol–water partition coefficient (Wildman–Crippen LogP) is 7.39. The number of aryl methyl sites for hydroxylation is 1. The lowest BCUT2D eigenvalue weighted by molar-refractivity contribution is 0.0219. The third-order valence-electron chi connectivity index (χ3n) is 7.35. The molecule has 10 nitrogen and oxygen atoms in total. The Balaban J connectivity index is 1.16. The number of benzene rings is 2. The topological polar surface area (TPSA) is 107 Å². The number of carbonyl (C=O) groups is 1. The standard InChI is InChI=1S/C32H34FN7O3S/c1-19-26(42-20-6-9-25-24(16-20)36-18-39(25)5)10-7-22(28(19)33)37-30-29-23(34-17-35-30)8-11-27(38-29)44-21-12-14-40(15-13-21)31(41)43-32(2,3)4/h6-11,16-18,21H,12-15H2,1-5H3,(H,34,35,37). The molecule has 12 heteroatoms. The molecule has 1 aliphatic heterocycles. The smallest absolute Gasteiger partial charge is 0.410 e. The van der Waals surface area contributed by atoms with Gasteiger partial charge >= 0.3 is 6.09 Å². The number of hydrogen-bond donors (Lipinski definition) is 1. The fourth-order valence-electron chi connectivity index (χ4n) is 5.04. The van der Waals surface area contributed by atoms with Gasteiger partial charge in [-0.05, 0) is 76.9 Å². The molecule has 0 spiro atoms. The molecule has 6 rings (SSSR count). The van der Waals surface area contributed by atoms with Gasteiger partial charge in [0, 0.05) is 37.0 Å². The number of imidazole rings is 1. The Morgan fingerprint density at radius 1 is 1.05 bits per heavy atom. The zero-order valence-electron chi connectivity index (χ0n) is 25.3. The van der Waals surface area contributed by atoms with Crippen LogP contribution in [0.4, 0.5) is 20.7 Å². The third kappa shape index (κ3) is 6.40. The van der Waals surface area contributed by atoms with Crippen molar-refractivity contribution < 1.29 is 18.7 Å². The number of pyridine rings is 1. The molecule has 1 saturated heterocycles. The van der Waals surface area contributed by atoms with E-state index in [-0.39, 0.29) is 11.8 Å². The third-order valence-corrected chi connectivity index (χ3v) is 8.63. The second-order valence-corrected chi connectivity index (χ2v) is 13.1. The molecule has 5 aromatic rings. The van der Waals surface area contributed by atoms with Gasteiger partial charge in [-0.15, -0.1) is 11.8 Å². The molecule has 0 bridgehead atoms. The van der Waals surface area contributed by atoms with Crippen molar-refractivity contribution in [2.45, 2.75) is 56.4 Å². The van der Waals surface area contributed by atoms with Gasteiger partial charge in [-0.25, -0.2) is 29.1 Å². The summed E-state index contributed by atoms with van der Waals surface area (Å²) in [5.74, 6) is 0.941. The molecule has 3 aromatic heterocycles. The summed E-state index contributed by atoms with van der Waals surface area (Å²) < 4.78 is 29.1. The molecule has 1 N–H and O–H groups in total. The van der Waals surface area contributed by atoms with Crippen LogP contribution in [0.15, 0.2) is 60.1 Å². The van der Waals surface area contributed by atoms with Gasteiger partial charge in [-0.3, -0.25) is 0 Å². The number of piperidine rings is 1. The molecule has 1 fully saturated rings. The lowest BCUT2D eigenvalue weighted by atomic mass is 10.1. The van der Waals surface area contributed by atoms with E-state index in [0.29, 0.717) is 52.3 Å². The zero-order valence-corrected chi connectivity index (χ0v) is 26.1. The first-order chi connectivity index (χ1) is 21.0. The first kappa shape index (κ1) is 29.6. The highest BCUT2D eigenvalue weighted by Gasteiger charge is 2.27. The molecule has 2 aromatic carbocycles. The lowest BCUT2D eigenvalue weighted by Gasteiger charge is -2.33. The Labute approximate surface area is 259 Å². The Bertz CT molecular complexity index is 1850. The average Bonchev–Trinajstić information content (AvgIpc) is 3.36. The molecular weight excluding hydrogens is 581 g/mol. The Hall–Kier alpha value is -4.45. The van der Waals surface area contributed by atoms with Gasteiger partial charge in [-0.1, -0.05) is 0 Å². The number of carbonyl (C=O) groups excluding carboxylic acids is 1. The van der Waals surface area contributed by atoms with Crippen molar-refractivity contribution in [2.75, 3.05) is 18.4 Å².